The first-order chi connectivity index (χ1) is 13.5. The number of methoxy groups -OCH3 is 3. The Morgan fingerprint density at radius 1 is 1.07 bits per heavy atom. The van der Waals surface area contributed by atoms with Crippen LogP contribution in [0.3, 0.4) is 0 Å². The van der Waals surface area contributed by atoms with Crippen LogP contribution in [-0.4, -0.2) is 52.3 Å². The van der Waals surface area contributed by atoms with Crippen LogP contribution in [0.25, 0.3) is 0 Å². The van der Waals surface area contributed by atoms with Crippen molar-refractivity contribution in [1.29, 1.82) is 0 Å². The van der Waals surface area contributed by atoms with E-state index in [1.807, 2.05) is 42.3 Å². The zero-order valence-electron chi connectivity index (χ0n) is 17.0. The van der Waals surface area contributed by atoms with E-state index in [2.05, 4.69) is 10.3 Å². The van der Waals surface area contributed by atoms with Gasteiger partial charge in [-0.15, -0.1) is 0 Å². The van der Waals surface area contributed by atoms with Gasteiger partial charge in [0.2, 0.25) is 0 Å². The smallest absolute Gasteiger partial charge is 0.341 e. The number of carbonyl (C=O) groups excluding carboxylic acids is 1. The Morgan fingerprint density at radius 2 is 1.79 bits per heavy atom. The molecule has 2 rings (SSSR count). The number of carbonyl (C=O) groups is 1. The fourth-order valence-electron chi connectivity index (χ4n) is 2.86. The van der Waals surface area contributed by atoms with Gasteiger partial charge < -0.3 is 24.4 Å². The molecule has 150 valence electrons. The highest BCUT2D eigenvalue weighted by molar-refractivity contribution is 5.92. The van der Waals surface area contributed by atoms with Gasteiger partial charge in [0.15, 0.2) is 5.96 Å². The Hall–Kier alpha value is -3.22. The summed E-state index contributed by atoms with van der Waals surface area (Å²) in [5, 5.41) is 3.31. The fourth-order valence-corrected chi connectivity index (χ4v) is 2.86. The molecule has 0 atom stereocenters. The highest BCUT2D eigenvalue weighted by Crippen LogP contribution is 2.21. The molecule has 0 spiro atoms. The quantitative estimate of drug-likeness (QED) is 0.449. The molecule has 2 aromatic carbocycles. The normalized spacial score (nSPS) is 11.0. The van der Waals surface area contributed by atoms with Crippen molar-refractivity contribution in [3.8, 4) is 11.5 Å². The molecule has 28 heavy (non-hydrogen) atoms. The first kappa shape index (κ1) is 21.1. The lowest BCUT2D eigenvalue weighted by Crippen LogP contribution is -2.38. The maximum absolute atomic E-state index is 11.9. The Balaban J connectivity index is 2.08. The average molecular weight is 385 g/mol. The number of esters is 1. The summed E-state index contributed by atoms with van der Waals surface area (Å²) in [5.41, 5.74) is 2.36. The second kappa shape index (κ2) is 10.2. The molecule has 2 aromatic rings. The van der Waals surface area contributed by atoms with Crippen LogP contribution in [0.4, 0.5) is 0 Å². The van der Waals surface area contributed by atoms with Crippen molar-refractivity contribution < 1.29 is 19.0 Å². The molecule has 1 N–H and O–H groups in total. The monoisotopic (exact) mass is 385 g/mol. The summed E-state index contributed by atoms with van der Waals surface area (Å²) in [6, 6.07) is 13.3. The molecule has 0 unspecified atom stereocenters. The number of hydrogen-bond donors (Lipinski definition) is 1. The number of ether oxygens (including phenoxy) is 3. The summed E-state index contributed by atoms with van der Waals surface area (Å²) in [6.45, 7) is 1.14. The lowest BCUT2D eigenvalue weighted by atomic mass is 10.1. The lowest BCUT2D eigenvalue weighted by molar-refractivity contribution is 0.0597. The van der Waals surface area contributed by atoms with Crippen LogP contribution in [-0.2, 0) is 17.8 Å². The van der Waals surface area contributed by atoms with Crippen LogP contribution in [0.2, 0.25) is 0 Å². The largest absolute Gasteiger partial charge is 0.496 e. The number of hydrogen-bond acceptors (Lipinski definition) is 5. The second-order valence-corrected chi connectivity index (χ2v) is 6.09. The molecule has 0 aromatic heterocycles. The van der Waals surface area contributed by atoms with Crippen molar-refractivity contribution in [2.75, 3.05) is 35.4 Å². The van der Waals surface area contributed by atoms with E-state index in [4.69, 9.17) is 14.2 Å². The molecule has 0 bridgehead atoms. The predicted octanol–water partition coefficient (Wildman–Crippen LogP) is 2.70. The topological polar surface area (TPSA) is 72.4 Å². The lowest BCUT2D eigenvalue weighted by Gasteiger charge is -2.23. The molecule has 0 heterocycles. The molecule has 0 saturated heterocycles. The third-order valence-electron chi connectivity index (χ3n) is 4.29. The third kappa shape index (κ3) is 5.16. The van der Waals surface area contributed by atoms with E-state index < -0.39 is 5.97 Å². The van der Waals surface area contributed by atoms with Gasteiger partial charge in [-0.3, -0.25) is 4.99 Å². The maximum Gasteiger partial charge on any atom is 0.341 e. The van der Waals surface area contributed by atoms with Gasteiger partial charge in [-0.2, -0.15) is 0 Å². The van der Waals surface area contributed by atoms with Crippen LogP contribution in [0.1, 0.15) is 21.5 Å². The summed E-state index contributed by atoms with van der Waals surface area (Å²) >= 11 is 0. The van der Waals surface area contributed by atoms with Crippen molar-refractivity contribution in [1.82, 2.24) is 10.2 Å². The molecule has 0 fully saturated rings. The summed E-state index contributed by atoms with van der Waals surface area (Å²) in [5.74, 6) is 1.61. The SMILES string of the molecule is CN=C(NCc1ccc(OC)c(C(=O)OC)c1)N(C)Cc1ccccc1OC. The minimum atomic E-state index is -0.434. The molecule has 7 nitrogen and oxygen atoms in total. The van der Waals surface area contributed by atoms with Gasteiger partial charge in [-0.1, -0.05) is 24.3 Å². The van der Waals surface area contributed by atoms with Gasteiger partial charge in [0.25, 0.3) is 0 Å². The number of nitrogens with zero attached hydrogens (tertiary/aromatic N) is 2. The minimum absolute atomic E-state index is 0.390. The van der Waals surface area contributed by atoms with Crippen molar-refractivity contribution in [2.24, 2.45) is 4.99 Å². The van der Waals surface area contributed by atoms with Crippen LogP contribution in [0.15, 0.2) is 47.5 Å². The number of guanidine groups is 1. The van der Waals surface area contributed by atoms with E-state index >= 15 is 0 Å². The zero-order chi connectivity index (χ0) is 20.5. The van der Waals surface area contributed by atoms with E-state index in [0.29, 0.717) is 24.4 Å². The number of benzene rings is 2. The van der Waals surface area contributed by atoms with E-state index in [0.717, 1.165) is 22.8 Å². The third-order valence-corrected chi connectivity index (χ3v) is 4.29. The van der Waals surface area contributed by atoms with E-state index in [-0.39, 0.29) is 0 Å². The first-order valence-corrected chi connectivity index (χ1v) is 8.83. The number of rotatable bonds is 7. The van der Waals surface area contributed by atoms with Gasteiger partial charge in [0.05, 0.1) is 21.3 Å². The molecule has 0 saturated carbocycles. The first-order valence-electron chi connectivity index (χ1n) is 8.83. The average Bonchev–Trinajstić information content (AvgIpc) is 2.73. The van der Waals surface area contributed by atoms with Crippen LogP contribution in [0.5, 0.6) is 11.5 Å². The van der Waals surface area contributed by atoms with Gasteiger partial charge in [-0.05, 0) is 23.8 Å². The standard InChI is InChI=1S/C21H27N3O4/c1-22-21(24(2)14-16-8-6-7-9-18(16)26-3)23-13-15-10-11-19(27-4)17(12-15)20(25)28-5/h6-12H,13-14H2,1-5H3,(H,22,23). The summed E-state index contributed by atoms with van der Waals surface area (Å²) < 4.78 is 15.5. The zero-order valence-corrected chi connectivity index (χ0v) is 17.0. The van der Waals surface area contributed by atoms with Gasteiger partial charge in [0, 0.05) is 32.7 Å². The molecule has 0 aliphatic carbocycles. The minimum Gasteiger partial charge on any atom is -0.496 e. The van der Waals surface area contributed by atoms with E-state index in [9.17, 15) is 4.79 Å². The Labute approximate surface area is 165 Å². The Kier molecular flexibility index (Phi) is 7.68. The molecule has 7 heteroatoms. The highest BCUT2D eigenvalue weighted by atomic mass is 16.5. The van der Waals surface area contributed by atoms with Crippen molar-refractivity contribution in [3.05, 3.63) is 59.2 Å². The molecule has 0 radical (unpaired) electrons. The summed E-state index contributed by atoms with van der Waals surface area (Å²) in [6.07, 6.45) is 0. The second-order valence-electron chi connectivity index (χ2n) is 6.09. The van der Waals surface area contributed by atoms with E-state index in [1.54, 1.807) is 26.3 Å². The van der Waals surface area contributed by atoms with Gasteiger partial charge in [0.1, 0.15) is 17.1 Å². The van der Waals surface area contributed by atoms with Gasteiger partial charge >= 0.3 is 5.97 Å². The van der Waals surface area contributed by atoms with Crippen LogP contribution >= 0.6 is 0 Å². The number of nitrogens with one attached hydrogen (secondary N) is 1. The fraction of sp³-hybridized carbons (Fsp3) is 0.333. The molecule has 0 aliphatic rings. The summed E-state index contributed by atoms with van der Waals surface area (Å²) in [4.78, 5) is 18.3. The molecular weight excluding hydrogens is 358 g/mol. The molecule has 0 aliphatic heterocycles. The summed E-state index contributed by atoms with van der Waals surface area (Å²) in [7, 11) is 8.22. The molecule has 0 amide bonds. The van der Waals surface area contributed by atoms with Crippen molar-refractivity contribution in [2.45, 2.75) is 13.1 Å². The Bertz CT molecular complexity index is 836. The number of para-hydroxylation sites is 1. The van der Waals surface area contributed by atoms with Gasteiger partial charge in [-0.25, -0.2) is 4.79 Å². The van der Waals surface area contributed by atoms with Crippen molar-refractivity contribution >= 4 is 11.9 Å². The number of aliphatic imine (C=N–C) groups is 1. The highest BCUT2D eigenvalue weighted by Gasteiger charge is 2.14. The van der Waals surface area contributed by atoms with Crippen LogP contribution < -0.4 is 14.8 Å². The van der Waals surface area contributed by atoms with E-state index in [1.165, 1.54) is 14.2 Å². The van der Waals surface area contributed by atoms with Crippen LogP contribution in [0, 0.1) is 0 Å². The predicted molar refractivity (Wildman–Crippen MR) is 109 cm³/mol. The maximum atomic E-state index is 11.9. The van der Waals surface area contributed by atoms with Crippen molar-refractivity contribution in [3.63, 3.8) is 0 Å². The Morgan fingerprint density at radius 3 is 2.43 bits per heavy atom. The molecular formula is C21H27N3O4.